The van der Waals surface area contributed by atoms with Gasteiger partial charge in [-0.15, -0.1) is 11.3 Å². The number of anilines is 1. The molecule has 0 spiro atoms. The lowest BCUT2D eigenvalue weighted by molar-refractivity contribution is -0.120. The summed E-state index contributed by atoms with van der Waals surface area (Å²) in [5.74, 6) is -0.155. The minimum atomic E-state index is -3.78. The summed E-state index contributed by atoms with van der Waals surface area (Å²) in [5, 5.41) is 4.90. The van der Waals surface area contributed by atoms with Gasteiger partial charge in [-0.25, -0.2) is 13.4 Å². The zero-order valence-corrected chi connectivity index (χ0v) is 15.0. The Labute approximate surface area is 143 Å². The summed E-state index contributed by atoms with van der Waals surface area (Å²) in [4.78, 5) is 15.7. The van der Waals surface area contributed by atoms with Crippen molar-refractivity contribution in [1.82, 2.24) is 10.3 Å². The summed E-state index contributed by atoms with van der Waals surface area (Å²) in [7, 11) is -3.78. The molecule has 0 aliphatic carbocycles. The fraction of sp³-hybridized carbons (Fsp3) is 0.286. The number of rotatable bonds is 6. The highest BCUT2D eigenvalue weighted by Gasteiger charge is 2.20. The van der Waals surface area contributed by atoms with Gasteiger partial charge in [0.2, 0.25) is 5.91 Å². The molecule has 0 atom stereocenters. The second kappa shape index (κ2) is 7.29. The first kappa shape index (κ1) is 17.7. The van der Waals surface area contributed by atoms with Crippen LogP contribution in [-0.2, 0) is 21.2 Å². The van der Waals surface area contributed by atoms with Crippen LogP contribution < -0.4 is 10.0 Å². The summed E-state index contributed by atoms with van der Waals surface area (Å²) in [6.07, 6.45) is 0.113. The number of halogens is 1. The molecule has 124 valence electrons. The maximum Gasteiger partial charge on any atom is 0.263 e. The van der Waals surface area contributed by atoms with E-state index in [0.29, 0.717) is 22.8 Å². The Bertz CT molecular complexity index is 818. The first-order valence-electron chi connectivity index (χ1n) is 6.82. The van der Waals surface area contributed by atoms with Crippen molar-refractivity contribution in [2.75, 3.05) is 11.3 Å². The number of aromatic nitrogens is 1. The second-order valence-electron chi connectivity index (χ2n) is 4.74. The smallest absolute Gasteiger partial charge is 0.263 e. The monoisotopic (exact) mass is 373 g/mol. The number of likely N-dealkylation sites (N-methyl/N-ethyl adjacent to an activating group) is 1. The van der Waals surface area contributed by atoms with Crippen LogP contribution in [0.25, 0.3) is 0 Å². The Kier molecular flexibility index (Phi) is 5.61. The van der Waals surface area contributed by atoms with Gasteiger partial charge in [0.1, 0.15) is 0 Å². The van der Waals surface area contributed by atoms with E-state index < -0.39 is 10.0 Å². The van der Waals surface area contributed by atoms with Gasteiger partial charge in [0.15, 0.2) is 5.13 Å². The van der Waals surface area contributed by atoms with Crippen molar-refractivity contribution in [3.8, 4) is 0 Å². The molecule has 1 aromatic carbocycles. The van der Waals surface area contributed by atoms with Gasteiger partial charge in [-0.1, -0.05) is 17.7 Å². The molecule has 2 N–H and O–H groups in total. The largest absolute Gasteiger partial charge is 0.356 e. The number of carbonyl (C=O) groups is 1. The van der Waals surface area contributed by atoms with Gasteiger partial charge < -0.3 is 5.32 Å². The number of thiazole rings is 1. The molecule has 1 aromatic heterocycles. The van der Waals surface area contributed by atoms with E-state index in [1.807, 2.05) is 6.92 Å². The van der Waals surface area contributed by atoms with Crippen molar-refractivity contribution in [2.24, 2.45) is 0 Å². The van der Waals surface area contributed by atoms with Gasteiger partial charge in [-0.2, -0.15) is 0 Å². The maximum atomic E-state index is 12.4. The molecule has 0 fully saturated rings. The van der Waals surface area contributed by atoms with E-state index in [1.165, 1.54) is 6.07 Å². The van der Waals surface area contributed by atoms with E-state index >= 15 is 0 Å². The zero-order valence-electron chi connectivity index (χ0n) is 12.6. The Morgan fingerprint density at radius 3 is 2.83 bits per heavy atom. The average Bonchev–Trinajstić information content (AvgIpc) is 2.88. The normalized spacial score (nSPS) is 11.3. The lowest BCUT2D eigenvalue weighted by Crippen LogP contribution is -2.24. The highest BCUT2D eigenvalue weighted by Crippen LogP contribution is 2.26. The number of benzene rings is 1. The maximum absolute atomic E-state index is 12.4. The van der Waals surface area contributed by atoms with Crippen molar-refractivity contribution in [3.05, 3.63) is 39.9 Å². The van der Waals surface area contributed by atoms with Crippen LogP contribution in [0.1, 0.15) is 18.2 Å². The molecule has 0 radical (unpaired) electrons. The van der Waals surface area contributed by atoms with Crippen LogP contribution in [-0.4, -0.2) is 25.9 Å². The summed E-state index contributed by atoms with van der Waals surface area (Å²) >= 11 is 7.09. The first-order valence-corrected chi connectivity index (χ1v) is 9.56. The molecule has 2 rings (SSSR count). The Morgan fingerprint density at radius 1 is 1.39 bits per heavy atom. The predicted molar refractivity (Wildman–Crippen MR) is 91.5 cm³/mol. The molecule has 1 heterocycles. The van der Waals surface area contributed by atoms with Gasteiger partial charge >= 0.3 is 0 Å². The molecule has 6 nitrogen and oxygen atoms in total. The van der Waals surface area contributed by atoms with Crippen LogP contribution in [0.4, 0.5) is 5.13 Å². The number of carbonyl (C=O) groups excluding carboxylic acids is 1. The third-order valence-corrected chi connectivity index (χ3v) is 5.83. The Balaban J connectivity index is 2.17. The molecular formula is C14H16ClN3O3S2. The third kappa shape index (κ3) is 4.43. The summed E-state index contributed by atoms with van der Waals surface area (Å²) in [6.45, 7) is 4.00. The molecule has 0 aliphatic rings. The van der Waals surface area contributed by atoms with Crippen LogP contribution in [0, 0.1) is 6.92 Å². The first-order chi connectivity index (χ1) is 10.8. The molecule has 0 saturated heterocycles. The molecule has 1 amide bonds. The number of sulfonamides is 1. The minimum Gasteiger partial charge on any atom is -0.356 e. The van der Waals surface area contributed by atoms with E-state index in [0.717, 1.165) is 11.3 Å². The molecule has 0 bridgehead atoms. The number of amides is 1. The topological polar surface area (TPSA) is 88.2 Å². The predicted octanol–water partition coefficient (Wildman–Crippen LogP) is 2.58. The molecule has 0 saturated carbocycles. The standard InChI is InChI=1S/C14H16ClN3O3S2/c1-3-16-13(19)7-10-8-22-14(17-10)18-23(20,21)12-6-4-5-11(15)9(12)2/h4-6,8H,3,7H2,1-2H3,(H,16,19)(H,17,18). The van der Waals surface area contributed by atoms with E-state index in [1.54, 1.807) is 24.4 Å². The second-order valence-corrected chi connectivity index (χ2v) is 7.66. The SMILES string of the molecule is CCNC(=O)Cc1csc(NS(=O)(=O)c2cccc(Cl)c2C)n1. The number of hydrogen-bond donors (Lipinski definition) is 2. The minimum absolute atomic E-state index is 0.102. The highest BCUT2D eigenvalue weighted by molar-refractivity contribution is 7.93. The fourth-order valence-electron chi connectivity index (χ4n) is 1.91. The van der Waals surface area contributed by atoms with Crippen molar-refractivity contribution in [3.63, 3.8) is 0 Å². The Morgan fingerprint density at radius 2 is 2.13 bits per heavy atom. The summed E-state index contributed by atoms with van der Waals surface area (Å²) in [5.41, 5.74) is 0.988. The van der Waals surface area contributed by atoms with Crippen molar-refractivity contribution in [2.45, 2.75) is 25.2 Å². The summed E-state index contributed by atoms with van der Waals surface area (Å²) in [6, 6.07) is 4.68. The fourth-order valence-corrected chi connectivity index (χ4v) is 4.37. The molecule has 23 heavy (non-hydrogen) atoms. The van der Waals surface area contributed by atoms with Crippen LogP contribution in [0.2, 0.25) is 5.02 Å². The molecular weight excluding hydrogens is 358 g/mol. The van der Waals surface area contributed by atoms with E-state index in [9.17, 15) is 13.2 Å². The van der Waals surface area contributed by atoms with Crippen LogP contribution >= 0.6 is 22.9 Å². The van der Waals surface area contributed by atoms with Crippen LogP contribution in [0.15, 0.2) is 28.5 Å². The van der Waals surface area contributed by atoms with Crippen LogP contribution in [0.5, 0.6) is 0 Å². The van der Waals surface area contributed by atoms with Gasteiger partial charge in [-0.3, -0.25) is 9.52 Å². The van der Waals surface area contributed by atoms with Gasteiger partial charge in [0, 0.05) is 16.9 Å². The molecule has 9 heteroatoms. The van der Waals surface area contributed by atoms with E-state index in [-0.39, 0.29) is 22.4 Å². The van der Waals surface area contributed by atoms with E-state index in [4.69, 9.17) is 11.6 Å². The lowest BCUT2D eigenvalue weighted by atomic mass is 10.2. The molecule has 0 unspecified atom stereocenters. The van der Waals surface area contributed by atoms with Gasteiger partial charge in [0.25, 0.3) is 10.0 Å². The van der Waals surface area contributed by atoms with Crippen molar-refractivity contribution < 1.29 is 13.2 Å². The zero-order chi connectivity index (χ0) is 17.0. The lowest BCUT2D eigenvalue weighted by Gasteiger charge is -2.09. The number of nitrogens with one attached hydrogen (secondary N) is 2. The number of hydrogen-bond acceptors (Lipinski definition) is 5. The molecule has 0 aliphatic heterocycles. The molecule has 2 aromatic rings. The Hall–Kier alpha value is -1.64. The quantitative estimate of drug-likeness (QED) is 0.814. The number of nitrogens with zero attached hydrogens (tertiary/aromatic N) is 1. The van der Waals surface area contributed by atoms with Gasteiger partial charge in [-0.05, 0) is 31.5 Å². The van der Waals surface area contributed by atoms with Crippen molar-refractivity contribution in [1.29, 1.82) is 0 Å². The van der Waals surface area contributed by atoms with E-state index in [2.05, 4.69) is 15.0 Å². The average molecular weight is 374 g/mol. The summed E-state index contributed by atoms with van der Waals surface area (Å²) < 4.78 is 27.3. The van der Waals surface area contributed by atoms with Gasteiger partial charge in [0.05, 0.1) is 17.0 Å². The third-order valence-electron chi connectivity index (χ3n) is 3.00. The van der Waals surface area contributed by atoms with Crippen LogP contribution in [0.3, 0.4) is 0 Å². The highest BCUT2D eigenvalue weighted by atomic mass is 35.5. The van der Waals surface area contributed by atoms with Crippen molar-refractivity contribution >= 4 is 44.0 Å².